The Morgan fingerprint density at radius 1 is 1.22 bits per heavy atom. The molecule has 2 saturated carbocycles. The van der Waals surface area contributed by atoms with E-state index in [1.807, 2.05) is 6.07 Å². The van der Waals surface area contributed by atoms with Gasteiger partial charge in [-0.05, 0) is 80.2 Å². The number of nitrogens with one attached hydrogen (secondary N) is 1. The van der Waals surface area contributed by atoms with Crippen molar-refractivity contribution in [3.63, 3.8) is 0 Å². The number of likely N-dealkylation sites (tertiary alicyclic amines) is 1. The Labute approximate surface area is 159 Å². The van der Waals surface area contributed by atoms with E-state index in [4.69, 9.17) is 0 Å². The van der Waals surface area contributed by atoms with E-state index in [0.29, 0.717) is 12.8 Å². The molecule has 5 atom stereocenters. The standard InChI is InChI=1S/C22H28N2O3/c25-16-4-3-14-7-19-22(27)10-15-8-20(26)23-18(15)11-21(22,17(14)9-16)5-6-24(19)12-13-1-2-13/h3-4,9,13,15,18-19,25,27H,1-2,5-8,10-12H2,(H,23,26)/t15-,18+,19-,21-,22-/m1/s1. The fourth-order valence-corrected chi connectivity index (χ4v) is 6.93. The van der Waals surface area contributed by atoms with E-state index < -0.39 is 5.60 Å². The molecule has 3 N–H and O–H groups in total. The van der Waals surface area contributed by atoms with Gasteiger partial charge in [-0.3, -0.25) is 9.69 Å². The fraction of sp³-hybridized carbons (Fsp3) is 0.682. The Bertz CT molecular complexity index is 822. The van der Waals surface area contributed by atoms with Crippen LogP contribution < -0.4 is 5.32 Å². The highest BCUT2D eigenvalue weighted by Crippen LogP contribution is 2.60. The first kappa shape index (κ1) is 16.4. The van der Waals surface area contributed by atoms with Crippen molar-refractivity contribution in [2.45, 2.75) is 68.0 Å². The Balaban J connectivity index is 1.49. The van der Waals surface area contributed by atoms with Gasteiger partial charge >= 0.3 is 0 Å². The Kier molecular flexibility index (Phi) is 3.19. The van der Waals surface area contributed by atoms with Crippen molar-refractivity contribution in [3.05, 3.63) is 29.3 Å². The lowest BCUT2D eigenvalue weighted by Crippen LogP contribution is -2.75. The molecule has 1 amide bonds. The Morgan fingerprint density at radius 3 is 2.89 bits per heavy atom. The number of piperidine rings is 1. The quantitative estimate of drug-likeness (QED) is 0.743. The van der Waals surface area contributed by atoms with Crippen LogP contribution in [0.1, 0.15) is 49.7 Å². The van der Waals surface area contributed by atoms with Crippen molar-refractivity contribution in [1.29, 1.82) is 0 Å². The van der Waals surface area contributed by atoms with E-state index in [2.05, 4.69) is 16.3 Å². The molecule has 2 bridgehead atoms. The molecule has 2 saturated heterocycles. The zero-order chi connectivity index (χ0) is 18.4. The van der Waals surface area contributed by atoms with E-state index in [-0.39, 0.29) is 35.1 Å². The zero-order valence-electron chi connectivity index (χ0n) is 15.7. The summed E-state index contributed by atoms with van der Waals surface area (Å²) in [6, 6.07) is 6.01. The van der Waals surface area contributed by atoms with Gasteiger partial charge in [0.1, 0.15) is 5.75 Å². The van der Waals surface area contributed by atoms with Crippen molar-refractivity contribution in [1.82, 2.24) is 10.2 Å². The predicted octanol–water partition coefficient (Wildman–Crippen LogP) is 1.70. The van der Waals surface area contributed by atoms with E-state index in [0.717, 1.165) is 43.8 Å². The smallest absolute Gasteiger partial charge is 0.220 e. The highest BCUT2D eigenvalue weighted by atomic mass is 16.3. The van der Waals surface area contributed by atoms with Crippen molar-refractivity contribution in [2.75, 3.05) is 13.1 Å². The van der Waals surface area contributed by atoms with Crippen LogP contribution in [0, 0.1) is 11.8 Å². The summed E-state index contributed by atoms with van der Waals surface area (Å²) in [4.78, 5) is 14.6. The van der Waals surface area contributed by atoms with E-state index in [1.165, 1.54) is 18.4 Å². The molecule has 5 aliphatic rings. The van der Waals surface area contributed by atoms with Crippen molar-refractivity contribution in [3.8, 4) is 5.75 Å². The summed E-state index contributed by atoms with van der Waals surface area (Å²) in [7, 11) is 0. The lowest BCUT2D eigenvalue weighted by atomic mass is 9.47. The second kappa shape index (κ2) is 5.26. The second-order valence-corrected chi connectivity index (χ2v) is 9.80. The number of amides is 1. The van der Waals surface area contributed by atoms with Crippen LogP contribution in [-0.4, -0.2) is 51.8 Å². The maximum absolute atomic E-state index is 12.3. The SMILES string of the molecule is O=C1C[C@@H]2C[C@@]3(O)[C@H]4Cc5ccc(O)cc5[C@@]3(CCN4CC3CC3)C[C@@H]2N1. The molecule has 5 heteroatoms. The average Bonchev–Trinajstić information content (AvgIpc) is 3.36. The largest absolute Gasteiger partial charge is 0.508 e. The van der Waals surface area contributed by atoms with Crippen molar-refractivity contribution < 1.29 is 15.0 Å². The molecule has 144 valence electrons. The fourth-order valence-electron chi connectivity index (χ4n) is 6.93. The highest BCUT2D eigenvalue weighted by Gasteiger charge is 2.67. The first-order chi connectivity index (χ1) is 13.0. The summed E-state index contributed by atoms with van der Waals surface area (Å²) in [5, 5.41) is 25.7. The van der Waals surface area contributed by atoms with Gasteiger partial charge in [-0.2, -0.15) is 0 Å². The summed E-state index contributed by atoms with van der Waals surface area (Å²) < 4.78 is 0. The maximum Gasteiger partial charge on any atom is 0.220 e. The van der Waals surface area contributed by atoms with Crippen LogP contribution in [0.25, 0.3) is 0 Å². The second-order valence-electron chi connectivity index (χ2n) is 9.80. The summed E-state index contributed by atoms with van der Waals surface area (Å²) >= 11 is 0. The Morgan fingerprint density at radius 2 is 2.07 bits per heavy atom. The van der Waals surface area contributed by atoms with Crippen LogP contribution in [0.15, 0.2) is 18.2 Å². The molecule has 6 rings (SSSR count). The van der Waals surface area contributed by atoms with Crippen LogP contribution in [0.3, 0.4) is 0 Å². The number of carbonyl (C=O) groups is 1. The van der Waals surface area contributed by atoms with Gasteiger partial charge in [-0.15, -0.1) is 0 Å². The summed E-state index contributed by atoms with van der Waals surface area (Å²) in [6.45, 7) is 2.10. The number of hydrogen-bond acceptors (Lipinski definition) is 4. The third-order valence-electron chi connectivity index (χ3n) is 8.36. The molecule has 1 aromatic rings. The number of carbonyl (C=O) groups excluding carboxylic acids is 1. The van der Waals surface area contributed by atoms with Crippen LogP contribution in [0.4, 0.5) is 0 Å². The minimum atomic E-state index is -0.811. The molecule has 1 aromatic carbocycles. The number of benzene rings is 1. The normalized spacial score (nSPS) is 42.9. The maximum atomic E-state index is 12.3. The lowest BCUT2D eigenvalue weighted by molar-refractivity contribution is -0.179. The first-order valence-electron chi connectivity index (χ1n) is 10.6. The molecule has 0 aromatic heterocycles. The number of aliphatic hydroxyl groups is 1. The van der Waals surface area contributed by atoms with Crippen LogP contribution in [0.2, 0.25) is 0 Å². The Hall–Kier alpha value is -1.59. The van der Waals surface area contributed by atoms with Crippen LogP contribution >= 0.6 is 0 Å². The minimum Gasteiger partial charge on any atom is -0.508 e. The number of phenols is 1. The minimum absolute atomic E-state index is 0.126. The molecule has 0 radical (unpaired) electrons. The summed E-state index contributed by atoms with van der Waals surface area (Å²) in [5.41, 5.74) is 1.23. The van der Waals surface area contributed by atoms with Gasteiger partial charge in [0.05, 0.1) is 5.60 Å². The summed E-state index contributed by atoms with van der Waals surface area (Å²) in [5.74, 6) is 1.44. The number of aromatic hydroxyl groups is 1. The molecule has 3 aliphatic carbocycles. The number of nitrogens with zero attached hydrogens (tertiary/aromatic N) is 1. The molecular formula is C22H28N2O3. The molecule has 27 heavy (non-hydrogen) atoms. The third kappa shape index (κ3) is 2.16. The molecule has 5 nitrogen and oxygen atoms in total. The van der Waals surface area contributed by atoms with Gasteiger partial charge in [0.15, 0.2) is 0 Å². The van der Waals surface area contributed by atoms with E-state index in [9.17, 15) is 15.0 Å². The zero-order valence-corrected chi connectivity index (χ0v) is 15.7. The predicted molar refractivity (Wildman–Crippen MR) is 100 cm³/mol. The molecular weight excluding hydrogens is 340 g/mol. The number of fused-ring (bicyclic) bond motifs is 2. The van der Waals surface area contributed by atoms with E-state index in [1.54, 1.807) is 6.07 Å². The number of rotatable bonds is 2. The van der Waals surface area contributed by atoms with Crippen LogP contribution in [0.5, 0.6) is 5.75 Å². The van der Waals surface area contributed by atoms with E-state index >= 15 is 0 Å². The lowest BCUT2D eigenvalue weighted by Gasteiger charge is -2.65. The van der Waals surface area contributed by atoms with Crippen molar-refractivity contribution >= 4 is 5.91 Å². The molecule has 0 spiro atoms. The average molecular weight is 368 g/mol. The number of phenolic OH excluding ortho intramolecular Hbond substituents is 1. The van der Waals surface area contributed by atoms with Gasteiger partial charge in [0, 0.05) is 30.5 Å². The monoisotopic (exact) mass is 368 g/mol. The van der Waals surface area contributed by atoms with Gasteiger partial charge in [0.2, 0.25) is 5.91 Å². The van der Waals surface area contributed by atoms with Crippen molar-refractivity contribution in [2.24, 2.45) is 11.8 Å². The first-order valence-corrected chi connectivity index (χ1v) is 10.6. The number of hydrogen-bond donors (Lipinski definition) is 3. The molecule has 0 unspecified atom stereocenters. The molecule has 4 fully saturated rings. The van der Waals surface area contributed by atoms with Gasteiger partial charge in [0.25, 0.3) is 0 Å². The van der Waals surface area contributed by atoms with Gasteiger partial charge < -0.3 is 15.5 Å². The summed E-state index contributed by atoms with van der Waals surface area (Å²) in [6.07, 6.45) is 6.43. The molecule has 2 aliphatic heterocycles. The molecule has 2 heterocycles. The van der Waals surface area contributed by atoms with Crippen LogP contribution in [-0.2, 0) is 16.6 Å². The topological polar surface area (TPSA) is 72.8 Å². The van der Waals surface area contributed by atoms with Gasteiger partial charge in [-0.25, -0.2) is 0 Å². The third-order valence-corrected chi connectivity index (χ3v) is 8.36. The highest BCUT2D eigenvalue weighted by molar-refractivity contribution is 5.79. The van der Waals surface area contributed by atoms with Gasteiger partial charge in [-0.1, -0.05) is 6.07 Å².